The molecule has 0 aliphatic rings. The fourth-order valence-corrected chi connectivity index (χ4v) is 2.41. The highest BCUT2D eigenvalue weighted by Gasteiger charge is 2.22. The lowest BCUT2D eigenvalue weighted by molar-refractivity contribution is -0.138. The summed E-state index contributed by atoms with van der Waals surface area (Å²) in [5.41, 5.74) is 1.76. The number of aryl methyl sites for hydroxylation is 1. The zero-order valence-electron chi connectivity index (χ0n) is 14.0. The molecule has 0 aliphatic heterocycles. The zero-order valence-corrected chi connectivity index (χ0v) is 14.8. The Kier molecular flexibility index (Phi) is 6.42. The predicted octanol–water partition coefficient (Wildman–Crippen LogP) is 3.75. The van der Waals surface area contributed by atoms with Gasteiger partial charge in [0.1, 0.15) is 5.75 Å². The molecular weight excluding hydrogens is 342 g/mol. The van der Waals surface area contributed by atoms with Crippen molar-refractivity contribution in [3.8, 4) is 5.75 Å². The number of halogens is 1. The zero-order chi connectivity index (χ0) is 18.4. The number of nitrogens with one attached hydrogen (secondary N) is 1. The van der Waals surface area contributed by atoms with Crippen molar-refractivity contribution in [2.75, 3.05) is 0 Å². The molecule has 2 aromatic carbocycles. The molecule has 5 nitrogen and oxygen atoms in total. The van der Waals surface area contributed by atoms with Gasteiger partial charge in [-0.05, 0) is 43.7 Å². The van der Waals surface area contributed by atoms with Crippen molar-refractivity contribution in [3.63, 3.8) is 0 Å². The van der Waals surface area contributed by atoms with Crippen LogP contribution in [0.2, 0.25) is 5.02 Å². The number of carboxylic acids is 1. The van der Waals surface area contributed by atoms with E-state index in [2.05, 4.69) is 5.32 Å². The molecule has 0 bridgehead atoms. The van der Waals surface area contributed by atoms with E-state index in [1.54, 1.807) is 43.3 Å². The van der Waals surface area contributed by atoms with Gasteiger partial charge in [-0.1, -0.05) is 41.4 Å². The summed E-state index contributed by atoms with van der Waals surface area (Å²) in [4.78, 5) is 23.5. The highest BCUT2D eigenvalue weighted by molar-refractivity contribution is 6.30. The standard InChI is InChI=1S/C19H20ClNO4/c1-12-3-9-16(10-4-12)25-13(2)19(24)21-17(11-18(22)23)14-5-7-15(20)8-6-14/h3-10,13,17H,11H2,1-2H3,(H,21,24)(H,22,23)/t13?,17-/m0/s1. The highest BCUT2D eigenvalue weighted by atomic mass is 35.5. The summed E-state index contributed by atoms with van der Waals surface area (Å²) in [7, 11) is 0. The largest absolute Gasteiger partial charge is 0.481 e. The highest BCUT2D eigenvalue weighted by Crippen LogP contribution is 2.20. The van der Waals surface area contributed by atoms with E-state index < -0.39 is 18.1 Å². The number of hydrogen-bond donors (Lipinski definition) is 2. The van der Waals surface area contributed by atoms with Crippen molar-refractivity contribution in [1.29, 1.82) is 0 Å². The van der Waals surface area contributed by atoms with Crippen LogP contribution in [-0.2, 0) is 9.59 Å². The minimum Gasteiger partial charge on any atom is -0.481 e. The van der Waals surface area contributed by atoms with E-state index in [-0.39, 0.29) is 12.3 Å². The number of ether oxygens (including phenoxy) is 1. The Morgan fingerprint density at radius 1 is 1.12 bits per heavy atom. The molecule has 0 saturated heterocycles. The number of aliphatic carboxylic acids is 1. The Bertz CT molecular complexity index is 728. The normalized spacial score (nSPS) is 12.9. The number of carbonyl (C=O) groups is 2. The van der Waals surface area contributed by atoms with Gasteiger partial charge in [0.2, 0.25) is 0 Å². The molecular formula is C19H20ClNO4. The van der Waals surface area contributed by atoms with E-state index in [1.165, 1.54) is 0 Å². The van der Waals surface area contributed by atoms with Crippen LogP contribution < -0.4 is 10.1 Å². The minimum absolute atomic E-state index is 0.232. The Hall–Kier alpha value is -2.53. The average molecular weight is 362 g/mol. The maximum absolute atomic E-state index is 12.4. The molecule has 0 radical (unpaired) electrons. The Morgan fingerprint density at radius 2 is 1.72 bits per heavy atom. The van der Waals surface area contributed by atoms with Gasteiger partial charge in [-0.25, -0.2) is 0 Å². The molecule has 2 N–H and O–H groups in total. The van der Waals surface area contributed by atoms with E-state index in [0.717, 1.165) is 5.56 Å². The van der Waals surface area contributed by atoms with Crippen molar-refractivity contribution in [2.24, 2.45) is 0 Å². The second kappa shape index (κ2) is 8.53. The maximum atomic E-state index is 12.4. The predicted molar refractivity (Wildman–Crippen MR) is 95.9 cm³/mol. The second-order valence-electron chi connectivity index (χ2n) is 5.78. The second-order valence-corrected chi connectivity index (χ2v) is 6.22. The van der Waals surface area contributed by atoms with Crippen LogP contribution in [0, 0.1) is 6.92 Å². The van der Waals surface area contributed by atoms with Gasteiger partial charge in [-0.15, -0.1) is 0 Å². The molecule has 2 atom stereocenters. The summed E-state index contributed by atoms with van der Waals surface area (Å²) in [6.07, 6.45) is -0.990. The van der Waals surface area contributed by atoms with Crippen molar-refractivity contribution >= 4 is 23.5 Å². The van der Waals surface area contributed by atoms with Gasteiger partial charge in [0.25, 0.3) is 5.91 Å². The van der Waals surface area contributed by atoms with Crippen molar-refractivity contribution in [2.45, 2.75) is 32.4 Å². The number of carbonyl (C=O) groups excluding carboxylic acids is 1. The summed E-state index contributed by atoms with van der Waals surface area (Å²) in [5, 5.41) is 12.4. The van der Waals surface area contributed by atoms with E-state index in [9.17, 15) is 9.59 Å². The molecule has 6 heteroatoms. The minimum atomic E-state index is -1.01. The lowest BCUT2D eigenvalue weighted by atomic mass is 10.0. The molecule has 1 unspecified atom stereocenters. The van der Waals surface area contributed by atoms with Crippen molar-refractivity contribution in [3.05, 3.63) is 64.7 Å². The summed E-state index contributed by atoms with van der Waals surface area (Å²) in [6.45, 7) is 3.58. The molecule has 1 amide bonds. The summed E-state index contributed by atoms with van der Waals surface area (Å²) in [5.74, 6) is -0.816. The van der Waals surface area contributed by atoms with Crippen LogP contribution in [0.1, 0.15) is 30.5 Å². The third-order valence-corrected chi connectivity index (χ3v) is 3.92. The monoisotopic (exact) mass is 361 g/mol. The van der Waals surface area contributed by atoms with Crippen molar-refractivity contribution in [1.82, 2.24) is 5.32 Å². The molecule has 0 heterocycles. The van der Waals surface area contributed by atoms with E-state index >= 15 is 0 Å². The van der Waals surface area contributed by atoms with Crippen LogP contribution in [0.15, 0.2) is 48.5 Å². The van der Waals surface area contributed by atoms with Gasteiger partial charge < -0.3 is 15.2 Å². The van der Waals surface area contributed by atoms with Crippen LogP contribution in [0.4, 0.5) is 0 Å². The molecule has 0 fully saturated rings. The number of hydrogen-bond acceptors (Lipinski definition) is 3. The summed E-state index contributed by atoms with van der Waals surface area (Å²) < 4.78 is 5.61. The number of benzene rings is 2. The van der Waals surface area contributed by atoms with Crippen LogP contribution in [-0.4, -0.2) is 23.1 Å². The summed E-state index contributed by atoms with van der Waals surface area (Å²) >= 11 is 5.86. The fraction of sp³-hybridized carbons (Fsp3) is 0.263. The SMILES string of the molecule is Cc1ccc(OC(C)C(=O)N[C@@H](CC(=O)O)c2ccc(Cl)cc2)cc1. The Balaban J connectivity index is 2.06. The van der Waals surface area contributed by atoms with Gasteiger partial charge in [0, 0.05) is 5.02 Å². The van der Waals surface area contributed by atoms with Gasteiger partial charge in [-0.2, -0.15) is 0 Å². The topological polar surface area (TPSA) is 75.6 Å². The average Bonchev–Trinajstić information content (AvgIpc) is 2.56. The molecule has 25 heavy (non-hydrogen) atoms. The Labute approximate surface area is 151 Å². The first-order chi connectivity index (χ1) is 11.8. The number of rotatable bonds is 7. The van der Waals surface area contributed by atoms with Gasteiger partial charge in [-0.3, -0.25) is 9.59 Å². The lowest BCUT2D eigenvalue weighted by Gasteiger charge is -2.21. The smallest absolute Gasteiger partial charge is 0.305 e. The molecule has 0 aromatic heterocycles. The van der Waals surface area contributed by atoms with Crippen LogP contribution >= 0.6 is 11.6 Å². The van der Waals surface area contributed by atoms with Crippen LogP contribution in [0.5, 0.6) is 5.75 Å². The van der Waals surface area contributed by atoms with Gasteiger partial charge in [0.05, 0.1) is 12.5 Å². The van der Waals surface area contributed by atoms with Gasteiger partial charge in [0.15, 0.2) is 6.10 Å². The molecule has 0 aliphatic carbocycles. The van der Waals surface area contributed by atoms with Crippen molar-refractivity contribution < 1.29 is 19.4 Å². The fourth-order valence-electron chi connectivity index (χ4n) is 2.29. The quantitative estimate of drug-likeness (QED) is 0.787. The first-order valence-corrected chi connectivity index (χ1v) is 8.24. The van der Waals surface area contributed by atoms with Gasteiger partial charge >= 0.3 is 5.97 Å². The third kappa shape index (κ3) is 5.80. The molecule has 132 valence electrons. The first kappa shape index (κ1) is 18.8. The maximum Gasteiger partial charge on any atom is 0.305 e. The van der Waals surface area contributed by atoms with Crippen LogP contribution in [0.25, 0.3) is 0 Å². The number of amides is 1. The van der Waals surface area contributed by atoms with Crippen LogP contribution in [0.3, 0.4) is 0 Å². The summed E-state index contributed by atoms with van der Waals surface area (Å²) in [6, 6.07) is 13.4. The molecule has 2 aromatic rings. The van der Waals surface area contributed by atoms with E-state index in [4.69, 9.17) is 21.4 Å². The molecule has 0 saturated carbocycles. The third-order valence-electron chi connectivity index (χ3n) is 3.67. The lowest BCUT2D eigenvalue weighted by Crippen LogP contribution is -2.39. The molecule has 2 rings (SSSR count). The van der Waals surface area contributed by atoms with E-state index in [1.807, 2.05) is 19.1 Å². The first-order valence-electron chi connectivity index (χ1n) is 7.86. The van der Waals surface area contributed by atoms with E-state index in [0.29, 0.717) is 16.3 Å². The Morgan fingerprint density at radius 3 is 2.28 bits per heavy atom. The molecule has 0 spiro atoms. The number of carboxylic acid groups (broad SMARTS) is 1.